The summed E-state index contributed by atoms with van der Waals surface area (Å²) in [5.74, 6) is -0.803. The number of nitrogens with zero attached hydrogens (tertiary/aromatic N) is 1. The number of benzene rings is 1. The third-order valence-electron chi connectivity index (χ3n) is 3.59. The molecule has 0 aliphatic rings. The maximum Gasteiger partial charge on any atom is 0.167 e. The third-order valence-corrected chi connectivity index (χ3v) is 3.59. The molecule has 5 nitrogen and oxygen atoms in total. The predicted octanol–water partition coefficient (Wildman–Crippen LogP) is 3.13. The maximum absolute atomic E-state index is 11.7. The molecule has 1 aromatic heterocycles. The molecular formula is C17H19NO4. The van der Waals surface area contributed by atoms with E-state index in [0.29, 0.717) is 11.5 Å². The van der Waals surface area contributed by atoms with Crippen LogP contribution in [-0.4, -0.2) is 23.8 Å². The van der Waals surface area contributed by atoms with Crippen molar-refractivity contribution in [3.8, 4) is 11.3 Å². The molecule has 0 bridgehead atoms. The number of Topliss-reactive ketones (excluding diaryl/α,β-unsaturated/α-hetero) is 2. The Morgan fingerprint density at radius 3 is 2.23 bits per heavy atom. The minimum atomic E-state index is -0.874. The summed E-state index contributed by atoms with van der Waals surface area (Å²) in [5, 5.41) is 3.97. The number of rotatable bonds is 6. The van der Waals surface area contributed by atoms with E-state index in [9.17, 15) is 9.59 Å². The average molecular weight is 301 g/mol. The maximum atomic E-state index is 11.7. The van der Waals surface area contributed by atoms with Crippen molar-refractivity contribution >= 4 is 11.6 Å². The van der Waals surface area contributed by atoms with Gasteiger partial charge in [-0.2, -0.15) is 0 Å². The molecule has 0 saturated heterocycles. The van der Waals surface area contributed by atoms with E-state index in [1.165, 1.54) is 21.0 Å². The van der Waals surface area contributed by atoms with Gasteiger partial charge in [0, 0.05) is 18.7 Å². The topological polar surface area (TPSA) is 69.4 Å². The highest BCUT2D eigenvalue weighted by molar-refractivity contribution is 6.01. The lowest BCUT2D eigenvalue weighted by atomic mass is 9.92. The van der Waals surface area contributed by atoms with E-state index in [1.54, 1.807) is 6.07 Å². The second-order valence-corrected chi connectivity index (χ2v) is 5.34. The van der Waals surface area contributed by atoms with Gasteiger partial charge in [-0.1, -0.05) is 35.0 Å². The molecule has 0 saturated carbocycles. The van der Waals surface area contributed by atoms with Gasteiger partial charge in [-0.15, -0.1) is 0 Å². The fraction of sp³-hybridized carbons (Fsp3) is 0.353. The smallest absolute Gasteiger partial charge is 0.167 e. The Bertz CT molecular complexity index is 658. The van der Waals surface area contributed by atoms with Gasteiger partial charge in [0.25, 0.3) is 0 Å². The molecule has 1 aromatic carbocycles. The summed E-state index contributed by atoms with van der Waals surface area (Å²) < 4.78 is 10.7. The first kappa shape index (κ1) is 16.1. The molecule has 1 atom stereocenters. The van der Waals surface area contributed by atoms with Crippen molar-refractivity contribution in [2.75, 3.05) is 7.11 Å². The van der Waals surface area contributed by atoms with Gasteiger partial charge in [0.2, 0.25) is 0 Å². The summed E-state index contributed by atoms with van der Waals surface area (Å²) in [5.41, 5.74) is 2.46. The van der Waals surface area contributed by atoms with Crippen molar-refractivity contribution in [3.05, 3.63) is 41.6 Å². The number of carbonyl (C=O) groups is 2. The standard InChI is InChI=1S/C17H19NO4/c1-10-5-7-13(8-6-10)15-9-14(18-22-15)17(21-4)16(11(2)19)12(3)20/h5-9,16-17H,1-4H3. The third kappa shape index (κ3) is 3.31. The lowest BCUT2D eigenvalue weighted by Gasteiger charge is -2.19. The fourth-order valence-electron chi connectivity index (χ4n) is 2.42. The molecule has 0 spiro atoms. The molecule has 1 unspecified atom stereocenters. The molecule has 0 aliphatic carbocycles. The van der Waals surface area contributed by atoms with Gasteiger partial charge in [0.15, 0.2) is 5.76 Å². The van der Waals surface area contributed by atoms with E-state index >= 15 is 0 Å². The summed E-state index contributed by atoms with van der Waals surface area (Å²) in [6.07, 6.45) is -0.738. The molecule has 1 heterocycles. The number of ketones is 2. The van der Waals surface area contributed by atoms with Crippen LogP contribution in [0.25, 0.3) is 11.3 Å². The Balaban J connectivity index is 2.34. The van der Waals surface area contributed by atoms with E-state index in [4.69, 9.17) is 9.26 Å². The van der Waals surface area contributed by atoms with Gasteiger partial charge in [0.05, 0.1) is 0 Å². The summed E-state index contributed by atoms with van der Waals surface area (Å²) in [6.45, 7) is 4.75. The van der Waals surface area contributed by atoms with Crippen LogP contribution in [0, 0.1) is 12.8 Å². The number of ether oxygens (including phenoxy) is 1. The fourth-order valence-corrected chi connectivity index (χ4v) is 2.42. The number of hydrogen-bond acceptors (Lipinski definition) is 5. The normalized spacial score (nSPS) is 12.4. The number of hydrogen-bond donors (Lipinski definition) is 0. The molecule has 2 aromatic rings. The van der Waals surface area contributed by atoms with Crippen LogP contribution in [-0.2, 0) is 14.3 Å². The monoisotopic (exact) mass is 301 g/mol. The Morgan fingerprint density at radius 2 is 1.73 bits per heavy atom. The molecule has 0 N–H and O–H groups in total. The van der Waals surface area contributed by atoms with Crippen molar-refractivity contribution in [1.29, 1.82) is 0 Å². The largest absolute Gasteiger partial charge is 0.374 e. The highest BCUT2D eigenvalue weighted by atomic mass is 16.5. The van der Waals surface area contributed by atoms with Gasteiger partial charge in [-0.3, -0.25) is 9.59 Å². The minimum Gasteiger partial charge on any atom is -0.374 e. The van der Waals surface area contributed by atoms with Crippen molar-refractivity contribution < 1.29 is 18.8 Å². The SMILES string of the molecule is COC(c1cc(-c2ccc(C)cc2)on1)C(C(C)=O)C(C)=O. The van der Waals surface area contributed by atoms with Crippen LogP contribution < -0.4 is 0 Å². The van der Waals surface area contributed by atoms with Crippen LogP contribution in [0.3, 0.4) is 0 Å². The molecule has 5 heteroatoms. The number of aromatic nitrogens is 1. The van der Waals surface area contributed by atoms with E-state index in [2.05, 4.69) is 5.16 Å². The molecular weight excluding hydrogens is 282 g/mol. The van der Waals surface area contributed by atoms with Gasteiger partial charge >= 0.3 is 0 Å². The molecule has 0 fully saturated rings. The minimum absolute atomic E-state index is 0.251. The van der Waals surface area contributed by atoms with Crippen molar-refractivity contribution in [2.45, 2.75) is 26.9 Å². The summed E-state index contributed by atoms with van der Waals surface area (Å²) >= 11 is 0. The van der Waals surface area contributed by atoms with Crippen LogP contribution in [0.5, 0.6) is 0 Å². The zero-order chi connectivity index (χ0) is 16.3. The van der Waals surface area contributed by atoms with Crippen LogP contribution in [0.4, 0.5) is 0 Å². The quantitative estimate of drug-likeness (QED) is 0.767. The second kappa shape index (κ2) is 6.66. The highest BCUT2D eigenvalue weighted by Crippen LogP contribution is 2.30. The van der Waals surface area contributed by atoms with E-state index in [-0.39, 0.29) is 11.6 Å². The van der Waals surface area contributed by atoms with Gasteiger partial charge in [0.1, 0.15) is 29.3 Å². The highest BCUT2D eigenvalue weighted by Gasteiger charge is 2.33. The Kier molecular flexibility index (Phi) is 4.88. The lowest BCUT2D eigenvalue weighted by molar-refractivity contribution is -0.136. The zero-order valence-corrected chi connectivity index (χ0v) is 13.1. The average Bonchev–Trinajstić information content (AvgIpc) is 2.93. The van der Waals surface area contributed by atoms with Gasteiger partial charge in [-0.05, 0) is 20.8 Å². The lowest BCUT2D eigenvalue weighted by Crippen LogP contribution is -2.28. The van der Waals surface area contributed by atoms with Gasteiger partial charge < -0.3 is 9.26 Å². The Hall–Kier alpha value is -2.27. The summed E-state index contributed by atoms with van der Waals surface area (Å²) in [6, 6.07) is 9.50. The number of methoxy groups -OCH3 is 1. The molecule has 2 rings (SSSR count). The Morgan fingerprint density at radius 1 is 1.14 bits per heavy atom. The van der Waals surface area contributed by atoms with Crippen molar-refractivity contribution in [3.63, 3.8) is 0 Å². The number of carbonyl (C=O) groups excluding carboxylic acids is 2. The molecule has 22 heavy (non-hydrogen) atoms. The van der Waals surface area contributed by atoms with Crippen LogP contribution in [0.15, 0.2) is 34.9 Å². The van der Waals surface area contributed by atoms with Crippen LogP contribution >= 0.6 is 0 Å². The van der Waals surface area contributed by atoms with Crippen LogP contribution in [0.1, 0.15) is 31.2 Å². The molecule has 0 amide bonds. The predicted molar refractivity (Wildman–Crippen MR) is 81.3 cm³/mol. The van der Waals surface area contributed by atoms with Gasteiger partial charge in [-0.25, -0.2) is 0 Å². The van der Waals surface area contributed by atoms with Crippen molar-refractivity contribution in [1.82, 2.24) is 5.16 Å². The summed E-state index contributed by atoms with van der Waals surface area (Å²) in [7, 11) is 1.45. The van der Waals surface area contributed by atoms with Crippen LogP contribution in [0.2, 0.25) is 0 Å². The first-order valence-electron chi connectivity index (χ1n) is 7.01. The molecule has 0 radical (unpaired) electrons. The van der Waals surface area contributed by atoms with E-state index in [1.807, 2.05) is 31.2 Å². The first-order chi connectivity index (χ1) is 10.4. The number of aryl methyl sites for hydroxylation is 1. The summed E-state index contributed by atoms with van der Waals surface area (Å²) in [4.78, 5) is 23.4. The molecule has 116 valence electrons. The molecule has 0 aliphatic heterocycles. The van der Waals surface area contributed by atoms with E-state index < -0.39 is 12.0 Å². The van der Waals surface area contributed by atoms with E-state index in [0.717, 1.165) is 11.1 Å². The first-order valence-corrected chi connectivity index (χ1v) is 7.01. The zero-order valence-electron chi connectivity index (χ0n) is 13.1. The second-order valence-electron chi connectivity index (χ2n) is 5.34. The Labute approximate surface area is 129 Å². The van der Waals surface area contributed by atoms with Crippen molar-refractivity contribution in [2.24, 2.45) is 5.92 Å².